The molecule has 1 saturated carbocycles. The zero-order chi connectivity index (χ0) is 26.6. The molecule has 2 N–H and O–H groups in total. The average Bonchev–Trinajstić information content (AvgIpc) is 3.49. The second-order valence-corrected chi connectivity index (χ2v) is 11.9. The van der Waals surface area contributed by atoms with Gasteiger partial charge in [-0.05, 0) is 49.1 Å². The van der Waals surface area contributed by atoms with Crippen LogP contribution in [0.25, 0.3) is 11.3 Å². The summed E-state index contributed by atoms with van der Waals surface area (Å²) in [5.74, 6) is 0.515. The number of H-pyrrole nitrogens is 1. The predicted molar refractivity (Wildman–Crippen MR) is 145 cm³/mol. The fourth-order valence-corrected chi connectivity index (χ4v) is 6.19. The molecule has 2 fully saturated rings. The van der Waals surface area contributed by atoms with Crippen LogP contribution in [-0.2, 0) is 16.8 Å². The number of likely N-dealkylation sites (N-methyl/N-ethyl adjacent to an activating group) is 1. The molecule has 37 heavy (non-hydrogen) atoms. The molecule has 7 nitrogen and oxygen atoms in total. The number of carbonyl (C=O) groups is 1. The highest BCUT2D eigenvalue weighted by molar-refractivity contribution is 5.74. The molecule has 0 radical (unpaired) electrons. The number of hydrogen-bond acceptors (Lipinski definition) is 5. The third kappa shape index (κ3) is 4.38. The summed E-state index contributed by atoms with van der Waals surface area (Å²) in [4.78, 5) is 20.6. The largest absolute Gasteiger partial charge is 0.380 e. The molecule has 1 aliphatic carbocycles. The van der Waals surface area contributed by atoms with Gasteiger partial charge >= 0.3 is 0 Å². The Labute approximate surface area is 219 Å². The average molecular weight is 502 g/mol. The fraction of sp³-hybridized carbons (Fsp3) is 0.500. The maximum atomic E-state index is 12.5. The van der Waals surface area contributed by atoms with Crippen LogP contribution in [0, 0.1) is 5.41 Å². The van der Waals surface area contributed by atoms with Gasteiger partial charge in [0.05, 0.1) is 5.69 Å². The van der Waals surface area contributed by atoms with E-state index in [1.165, 1.54) is 5.56 Å². The van der Waals surface area contributed by atoms with Gasteiger partial charge in [0.1, 0.15) is 5.60 Å². The Morgan fingerprint density at radius 1 is 1.16 bits per heavy atom. The highest BCUT2D eigenvalue weighted by Gasteiger charge is 2.55. The number of rotatable bonds is 8. The fourth-order valence-electron chi connectivity index (χ4n) is 6.19. The van der Waals surface area contributed by atoms with Crippen LogP contribution in [0.5, 0.6) is 0 Å². The van der Waals surface area contributed by atoms with Crippen LogP contribution in [0.3, 0.4) is 0 Å². The van der Waals surface area contributed by atoms with E-state index >= 15 is 0 Å². The number of nitrogens with one attached hydrogen (secondary N) is 1. The number of benzene rings is 1. The van der Waals surface area contributed by atoms with Crippen molar-refractivity contribution in [2.75, 3.05) is 27.2 Å². The summed E-state index contributed by atoms with van der Waals surface area (Å²) < 4.78 is 0. The zero-order valence-corrected chi connectivity index (χ0v) is 22.9. The van der Waals surface area contributed by atoms with Gasteiger partial charge in [-0.1, -0.05) is 45.0 Å². The standard InChI is InChI=1S/C30H39N5O2/c1-20(2)22-7-9-24(10-8-22)30(37,28(4)18-34(5)19-28)25-13-23(16-31-17-25)27-14-26(32-33-27)15-29(11-12-29)35(6)21(3)36/h7-10,13-14,16-17,20,37H,11-12,15,18-19H2,1-6H3,(H,32,33)/t30-/m0/s1. The Morgan fingerprint density at radius 3 is 2.41 bits per heavy atom. The minimum Gasteiger partial charge on any atom is -0.380 e. The molecule has 1 amide bonds. The Bertz CT molecular complexity index is 1290. The predicted octanol–water partition coefficient (Wildman–Crippen LogP) is 4.34. The number of aromatic nitrogens is 3. The minimum absolute atomic E-state index is 0.0880. The van der Waals surface area contributed by atoms with Gasteiger partial charge in [-0.25, -0.2) is 0 Å². The van der Waals surface area contributed by atoms with Crippen molar-refractivity contribution in [1.82, 2.24) is 25.0 Å². The van der Waals surface area contributed by atoms with E-state index in [-0.39, 0.29) is 16.9 Å². The van der Waals surface area contributed by atoms with Crippen molar-refractivity contribution >= 4 is 5.91 Å². The molecule has 5 rings (SSSR count). The molecule has 1 atom stereocenters. The topological polar surface area (TPSA) is 85.3 Å². The van der Waals surface area contributed by atoms with Gasteiger partial charge in [0.2, 0.25) is 5.91 Å². The lowest BCUT2D eigenvalue weighted by Crippen LogP contribution is -2.63. The Morgan fingerprint density at radius 2 is 1.84 bits per heavy atom. The lowest BCUT2D eigenvalue weighted by atomic mass is 9.62. The Balaban J connectivity index is 1.48. The number of amides is 1. The van der Waals surface area contributed by atoms with E-state index in [4.69, 9.17) is 0 Å². The zero-order valence-electron chi connectivity index (χ0n) is 22.9. The third-order valence-electron chi connectivity index (χ3n) is 8.72. The maximum absolute atomic E-state index is 12.5. The molecular weight excluding hydrogens is 462 g/mol. The number of aromatic amines is 1. The number of likely N-dealkylation sites (tertiary alicyclic amines) is 1. The second-order valence-electron chi connectivity index (χ2n) is 11.9. The first-order valence-electron chi connectivity index (χ1n) is 13.2. The molecule has 3 heterocycles. The van der Waals surface area contributed by atoms with Crippen molar-refractivity contribution in [2.45, 2.75) is 64.0 Å². The van der Waals surface area contributed by atoms with Gasteiger partial charge in [0.25, 0.3) is 0 Å². The lowest BCUT2D eigenvalue weighted by molar-refractivity contribution is -0.130. The molecule has 0 unspecified atom stereocenters. The van der Waals surface area contributed by atoms with Crippen molar-refractivity contribution in [3.63, 3.8) is 0 Å². The smallest absolute Gasteiger partial charge is 0.219 e. The van der Waals surface area contributed by atoms with Crippen LogP contribution in [0.1, 0.15) is 68.8 Å². The number of hydrogen-bond donors (Lipinski definition) is 2. The van der Waals surface area contributed by atoms with E-state index in [1.54, 1.807) is 19.3 Å². The summed E-state index contributed by atoms with van der Waals surface area (Å²) >= 11 is 0. The molecule has 196 valence electrons. The molecule has 3 aromatic rings. The summed E-state index contributed by atoms with van der Waals surface area (Å²) in [6.45, 7) is 9.71. The number of aliphatic hydroxyl groups is 1. The van der Waals surface area contributed by atoms with E-state index in [2.05, 4.69) is 72.2 Å². The molecule has 1 aromatic carbocycles. The van der Waals surface area contributed by atoms with Crippen LogP contribution in [0.4, 0.5) is 0 Å². The van der Waals surface area contributed by atoms with Crippen molar-refractivity contribution in [3.05, 3.63) is 71.2 Å². The number of pyridine rings is 1. The summed E-state index contributed by atoms with van der Waals surface area (Å²) in [6.07, 6.45) is 6.35. The monoisotopic (exact) mass is 501 g/mol. The molecule has 0 bridgehead atoms. The molecule has 2 aromatic heterocycles. The first-order chi connectivity index (χ1) is 17.5. The van der Waals surface area contributed by atoms with E-state index in [0.29, 0.717) is 5.92 Å². The van der Waals surface area contributed by atoms with Crippen LogP contribution in [0.2, 0.25) is 0 Å². The van der Waals surface area contributed by atoms with E-state index < -0.39 is 5.60 Å². The van der Waals surface area contributed by atoms with Crippen molar-refractivity contribution < 1.29 is 9.90 Å². The first kappa shape index (κ1) is 25.6. The summed E-state index contributed by atoms with van der Waals surface area (Å²) in [6, 6.07) is 12.5. The van der Waals surface area contributed by atoms with Gasteiger partial charge < -0.3 is 14.9 Å². The van der Waals surface area contributed by atoms with E-state index in [0.717, 1.165) is 60.4 Å². The molecular formula is C30H39N5O2. The lowest BCUT2D eigenvalue weighted by Gasteiger charge is -2.55. The minimum atomic E-state index is -1.20. The second kappa shape index (κ2) is 9.07. The normalized spacial score (nSPS) is 19.8. The van der Waals surface area contributed by atoms with Crippen molar-refractivity contribution in [3.8, 4) is 11.3 Å². The van der Waals surface area contributed by atoms with Gasteiger partial charge in [-0.2, -0.15) is 5.10 Å². The van der Waals surface area contributed by atoms with Gasteiger partial charge in [0.15, 0.2) is 0 Å². The summed E-state index contributed by atoms with van der Waals surface area (Å²) in [5, 5.41) is 20.3. The van der Waals surface area contributed by atoms with E-state index in [1.807, 2.05) is 24.1 Å². The Hall–Kier alpha value is -3.03. The summed E-state index contributed by atoms with van der Waals surface area (Å²) in [7, 11) is 3.97. The maximum Gasteiger partial charge on any atom is 0.219 e. The van der Waals surface area contributed by atoms with Crippen molar-refractivity contribution in [1.29, 1.82) is 0 Å². The molecule has 7 heteroatoms. The van der Waals surface area contributed by atoms with E-state index in [9.17, 15) is 9.90 Å². The molecule has 1 aliphatic heterocycles. The SMILES string of the molecule is CC(=O)N(C)C1(Cc2cc(-c3cncc([C@@](O)(c4ccc(C(C)C)cc4)C4(C)CN(C)C4)c3)n[nH]2)CC1. The van der Waals surface area contributed by atoms with Gasteiger partial charge in [-0.3, -0.25) is 14.9 Å². The first-order valence-corrected chi connectivity index (χ1v) is 13.2. The highest BCUT2D eigenvalue weighted by atomic mass is 16.3. The van der Waals surface area contributed by atoms with Crippen molar-refractivity contribution in [2.24, 2.45) is 5.41 Å². The van der Waals surface area contributed by atoms with Gasteiger partial charge in [0, 0.05) is 73.7 Å². The Kier molecular flexibility index (Phi) is 6.28. The number of nitrogens with zero attached hydrogens (tertiary/aromatic N) is 4. The molecule has 1 saturated heterocycles. The van der Waals surface area contributed by atoms with Gasteiger partial charge in [-0.15, -0.1) is 0 Å². The molecule has 0 spiro atoms. The number of carbonyl (C=O) groups excluding carboxylic acids is 1. The quantitative estimate of drug-likeness (QED) is 0.480. The highest BCUT2D eigenvalue weighted by Crippen LogP contribution is 2.50. The van der Waals surface area contributed by atoms with Crippen LogP contribution in [0.15, 0.2) is 48.8 Å². The summed E-state index contributed by atoms with van der Waals surface area (Å²) in [5.41, 5.74) is 3.91. The van der Waals surface area contributed by atoms with Crippen LogP contribution < -0.4 is 0 Å². The third-order valence-corrected chi connectivity index (χ3v) is 8.72. The van der Waals surface area contributed by atoms with Crippen LogP contribution in [-0.4, -0.2) is 68.7 Å². The van der Waals surface area contributed by atoms with Crippen LogP contribution >= 0.6 is 0 Å². The molecule has 2 aliphatic rings.